The van der Waals surface area contributed by atoms with Gasteiger partial charge in [-0.15, -0.1) is 0 Å². The molecule has 1 heterocycles. The van der Waals surface area contributed by atoms with Crippen molar-refractivity contribution in [1.29, 1.82) is 0 Å². The first kappa shape index (κ1) is 28.2. The summed E-state index contributed by atoms with van der Waals surface area (Å²) < 4.78 is 10.7. The van der Waals surface area contributed by atoms with Crippen molar-refractivity contribution in [3.8, 4) is 0 Å². The second-order valence-corrected chi connectivity index (χ2v) is 11.7. The van der Waals surface area contributed by atoms with Gasteiger partial charge in [0, 0.05) is 19.6 Å². The van der Waals surface area contributed by atoms with Crippen molar-refractivity contribution in [3.05, 3.63) is 108 Å². The molecule has 1 aliphatic heterocycles. The summed E-state index contributed by atoms with van der Waals surface area (Å²) in [6.07, 6.45) is 3.34. The molecule has 0 saturated carbocycles. The highest BCUT2D eigenvalue weighted by atomic mass is 31.1. The molecule has 0 radical (unpaired) electrons. The van der Waals surface area contributed by atoms with Crippen LogP contribution in [0.4, 0.5) is 0 Å². The second kappa shape index (κ2) is 15.7. The topological polar surface area (TPSA) is 26.8 Å². The first-order chi connectivity index (χ1) is 17.5. The molecule has 0 aromatic heterocycles. The maximum absolute atomic E-state index is 10.7. The smallest absolute Gasteiger partial charge is 0.273 e. The summed E-state index contributed by atoms with van der Waals surface area (Å²) >= 11 is 0. The number of hydrogen-bond donors (Lipinski definition) is 0. The highest BCUT2D eigenvalue weighted by Gasteiger charge is 2.23. The Kier molecular flexibility index (Phi) is 12.3. The second-order valence-electron chi connectivity index (χ2n) is 10.1. The quantitative estimate of drug-likeness (QED) is 0.272. The van der Waals surface area contributed by atoms with Crippen molar-refractivity contribution < 1.29 is 4.57 Å². The van der Waals surface area contributed by atoms with Crippen LogP contribution in [0.3, 0.4) is 0 Å². The van der Waals surface area contributed by atoms with Gasteiger partial charge >= 0.3 is 7.80 Å². The van der Waals surface area contributed by atoms with Gasteiger partial charge in [0.2, 0.25) is 0 Å². The molecule has 2 unspecified atom stereocenters. The summed E-state index contributed by atoms with van der Waals surface area (Å²) in [4.78, 5) is 7.60. The Labute approximate surface area is 219 Å². The first-order valence-electron chi connectivity index (χ1n) is 13.2. The lowest BCUT2D eigenvalue weighted by Crippen LogP contribution is -2.53. The summed E-state index contributed by atoms with van der Waals surface area (Å²) in [6.45, 7) is 12.1. The van der Waals surface area contributed by atoms with Gasteiger partial charge in [-0.05, 0) is 29.0 Å². The summed E-state index contributed by atoms with van der Waals surface area (Å²) in [5, 5.41) is 0. The molecule has 4 nitrogen and oxygen atoms in total. The molecule has 3 aromatic rings. The molecule has 3 aromatic carbocycles. The van der Waals surface area contributed by atoms with Crippen molar-refractivity contribution in [1.82, 2.24) is 14.7 Å². The fraction of sp³-hybridized carbons (Fsp3) is 0.419. The van der Waals surface area contributed by atoms with Crippen LogP contribution in [0.15, 0.2) is 91.0 Å². The molecule has 1 aliphatic rings. The monoisotopic (exact) mass is 504 g/mol. The molecule has 36 heavy (non-hydrogen) atoms. The van der Waals surface area contributed by atoms with Crippen LogP contribution in [0, 0.1) is 5.92 Å². The van der Waals surface area contributed by atoms with Crippen molar-refractivity contribution in [2.24, 2.45) is 5.92 Å². The van der Waals surface area contributed by atoms with Gasteiger partial charge in [0.1, 0.15) is 12.8 Å². The van der Waals surface area contributed by atoms with E-state index >= 15 is 0 Å². The molecule has 2 atom stereocenters. The van der Waals surface area contributed by atoms with Gasteiger partial charge in [-0.3, -0.25) is 14.7 Å². The number of nitrogens with zero attached hydrogens (tertiary/aromatic N) is 3. The molecular formula is C31H43N3OP+. The van der Waals surface area contributed by atoms with Gasteiger partial charge in [0.15, 0.2) is 0 Å². The summed E-state index contributed by atoms with van der Waals surface area (Å²) in [5.74, 6) is 0.656. The standard InChI is InChI=1S/C24H27N3.C7H16OP/c1-4-10-22(11-5-1)16-25-19-26(17-23-12-6-2-7-13-23)21-27(20-25)18-24-14-8-3-9-15-24;1-4-5-7(2)6-9(3)8/h1-15H,16-21H2;7H,4-6H2,1-3H3/q;+1. The van der Waals surface area contributed by atoms with E-state index in [-0.39, 0.29) is 0 Å². The summed E-state index contributed by atoms with van der Waals surface area (Å²) in [5.41, 5.74) is 4.12. The van der Waals surface area contributed by atoms with Crippen molar-refractivity contribution in [2.45, 2.75) is 46.3 Å². The van der Waals surface area contributed by atoms with E-state index in [1.54, 1.807) is 0 Å². The van der Waals surface area contributed by atoms with Crippen LogP contribution in [-0.2, 0) is 24.2 Å². The average molecular weight is 505 g/mol. The molecule has 192 valence electrons. The third-order valence-electron chi connectivity index (χ3n) is 6.30. The van der Waals surface area contributed by atoms with E-state index < -0.39 is 7.80 Å². The van der Waals surface area contributed by atoms with Crippen LogP contribution in [-0.4, -0.2) is 47.5 Å². The Bertz CT molecular complexity index is 881. The van der Waals surface area contributed by atoms with Crippen molar-refractivity contribution >= 4 is 7.80 Å². The zero-order valence-electron chi connectivity index (χ0n) is 22.3. The third kappa shape index (κ3) is 10.7. The number of benzene rings is 3. The minimum Gasteiger partial charge on any atom is -0.273 e. The molecule has 5 heteroatoms. The van der Waals surface area contributed by atoms with Gasteiger partial charge in [-0.1, -0.05) is 116 Å². The molecule has 1 fully saturated rings. The Morgan fingerprint density at radius 2 is 1.00 bits per heavy atom. The average Bonchev–Trinajstić information content (AvgIpc) is 2.86. The molecular weight excluding hydrogens is 461 g/mol. The van der Waals surface area contributed by atoms with Crippen LogP contribution in [0.2, 0.25) is 0 Å². The highest BCUT2D eigenvalue weighted by molar-refractivity contribution is 7.43. The summed E-state index contributed by atoms with van der Waals surface area (Å²) in [6, 6.07) is 32.3. The lowest BCUT2D eigenvalue weighted by molar-refractivity contribution is -0.0422. The zero-order chi connectivity index (χ0) is 25.6. The van der Waals surface area contributed by atoms with Crippen molar-refractivity contribution in [3.63, 3.8) is 0 Å². The van der Waals surface area contributed by atoms with Gasteiger partial charge in [0.05, 0.1) is 20.0 Å². The molecule has 4 rings (SSSR count). The van der Waals surface area contributed by atoms with Gasteiger partial charge in [0.25, 0.3) is 0 Å². The molecule has 0 bridgehead atoms. The Morgan fingerprint density at radius 3 is 1.28 bits per heavy atom. The minimum atomic E-state index is -0.901. The molecule has 0 aliphatic carbocycles. The van der Waals surface area contributed by atoms with Crippen molar-refractivity contribution in [2.75, 3.05) is 32.8 Å². The van der Waals surface area contributed by atoms with Crippen LogP contribution >= 0.6 is 7.80 Å². The van der Waals surface area contributed by atoms with Gasteiger partial charge in [-0.2, -0.15) is 0 Å². The molecule has 0 amide bonds. The van der Waals surface area contributed by atoms with Crippen LogP contribution in [0.5, 0.6) is 0 Å². The van der Waals surface area contributed by atoms with E-state index in [9.17, 15) is 4.57 Å². The Morgan fingerprint density at radius 1 is 0.667 bits per heavy atom. The number of hydrogen-bond acceptors (Lipinski definition) is 4. The highest BCUT2D eigenvalue weighted by Crippen LogP contribution is 2.21. The van der Waals surface area contributed by atoms with E-state index in [0.717, 1.165) is 45.8 Å². The normalized spacial score (nSPS) is 16.1. The van der Waals surface area contributed by atoms with Crippen LogP contribution in [0.1, 0.15) is 43.4 Å². The van der Waals surface area contributed by atoms with E-state index in [4.69, 9.17) is 0 Å². The van der Waals surface area contributed by atoms with Crippen LogP contribution < -0.4 is 0 Å². The summed E-state index contributed by atoms with van der Waals surface area (Å²) in [7, 11) is -0.901. The lowest BCUT2D eigenvalue weighted by atomic mass is 10.1. The van der Waals surface area contributed by atoms with E-state index in [1.807, 2.05) is 6.66 Å². The largest absolute Gasteiger partial charge is 0.335 e. The maximum Gasteiger partial charge on any atom is 0.335 e. The first-order valence-corrected chi connectivity index (χ1v) is 15.1. The Balaban J connectivity index is 0.000000345. The van der Waals surface area contributed by atoms with Crippen LogP contribution in [0.25, 0.3) is 0 Å². The molecule has 0 N–H and O–H groups in total. The predicted octanol–water partition coefficient (Wildman–Crippen LogP) is 7.26. The third-order valence-corrected chi connectivity index (χ3v) is 7.43. The molecule has 0 spiro atoms. The zero-order valence-corrected chi connectivity index (χ0v) is 23.2. The fourth-order valence-electron chi connectivity index (χ4n) is 4.83. The lowest BCUT2D eigenvalue weighted by Gasteiger charge is -2.42. The van der Waals surface area contributed by atoms with Gasteiger partial charge < -0.3 is 0 Å². The predicted molar refractivity (Wildman–Crippen MR) is 153 cm³/mol. The number of rotatable bonds is 10. The van der Waals surface area contributed by atoms with E-state index in [2.05, 4.69) is 120 Å². The minimum absolute atomic E-state index is 0.656. The Hall–Kier alpha value is -2.36. The van der Waals surface area contributed by atoms with E-state index in [0.29, 0.717) is 5.92 Å². The maximum atomic E-state index is 10.7. The molecule has 1 saturated heterocycles. The van der Waals surface area contributed by atoms with Gasteiger partial charge in [-0.25, -0.2) is 0 Å². The van der Waals surface area contributed by atoms with E-state index in [1.165, 1.54) is 29.5 Å². The fourth-order valence-corrected chi connectivity index (χ4v) is 5.89. The SMILES string of the molecule is CCCC(C)C[P+](C)=O.c1ccc(CN2CN(Cc3ccccc3)CN(Cc3ccccc3)C2)cc1.